The lowest BCUT2D eigenvalue weighted by atomic mass is 10.1. The Bertz CT molecular complexity index is 636. The van der Waals surface area contributed by atoms with Crippen molar-refractivity contribution in [2.24, 2.45) is 0 Å². The lowest BCUT2D eigenvalue weighted by Gasteiger charge is -2.20. The summed E-state index contributed by atoms with van der Waals surface area (Å²) in [4.78, 5) is 20.4. The van der Waals surface area contributed by atoms with Crippen molar-refractivity contribution in [1.29, 1.82) is 0 Å². The number of nitrogens with zero attached hydrogens (tertiary/aromatic N) is 3. The third-order valence-corrected chi connectivity index (χ3v) is 4.13. The van der Waals surface area contributed by atoms with Gasteiger partial charge in [0, 0.05) is 17.6 Å². The predicted molar refractivity (Wildman–Crippen MR) is 119 cm³/mol. The topological polar surface area (TPSA) is 68.0 Å². The average molecular weight is 398 g/mol. The fourth-order valence-electron chi connectivity index (χ4n) is 2.69. The maximum atomic E-state index is 11.6. The molecule has 1 N–H and O–H groups in total. The van der Waals surface area contributed by atoms with E-state index in [-0.39, 0.29) is 6.04 Å². The van der Waals surface area contributed by atoms with E-state index in [1.54, 1.807) is 12.3 Å². The van der Waals surface area contributed by atoms with Gasteiger partial charge in [-0.25, -0.2) is 14.8 Å². The van der Waals surface area contributed by atoms with Crippen LogP contribution in [0.4, 0.5) is 0 Å². The van der Waals surface area contributed by atoms with Crippen LogP contribution in [-0.2, 0) is 0 Å². The summed E-state index contributed by atoms with van der Waals surface area (Å²) in [6.45, 7) is 16.2. The maximum Gasteiger partial charge on any atom is 0.352 e. The molecular formula is C21H39N3O2S. The first-order valence-corrected chi connectivity index (χ1v) is 11.5. The lowest BCUT2D eigenvalue weighted by molar-refractivity contribution is 0.0682. The largest absolute Gasteiger partial charge is 0.477 e. The minimum absolute atomic E-state index is 0.174. The van der Waals surface area contributed by atoms with Crippen molar-refractivity contribution >= 4 is 28.8 Å². The van der Waals surface area contributed by atoms with E-state index in [9.17, 15) is 9.90 Å². The molecule has 0 amide bonds. The van der Waals surface area contributed by atoms with Gasteiger partial charge in [0.15, 0.2) is 5.16 Å². The molecular weight excluding hydrogens is 358 g/mol. The minimum Gasteiger partial charge on any atom is -0.477 e. The van der Waals surface area contributed by atoms with E-state index in [4.69, 9.17) is 0 Å². The summed E-state index contributed by atoms with van der Waals surface area (Å²) in [5.41, 5.74) is 1.04. The number of fused-ring (bicyclic) bond motifs is 1. The molecule has 0 saturated heterocycles. The maximum absolute atomic E-state index is 11.6. The Labute approximate surface area is 170 Å². The zero-order valence-electron chi connectivity index (χ0n) is 18.7. The number of carboxylic acid groups (broad SMARTS) is 1. The van der Waals surface area contributed by atoms with Gasteiger partial charge in [0.25, 0.3) is 0 Å². The fourth-order valence-corrected chi connectivity index (χ4v) is 3.03. The summed E-state index contributed by atoms with van der Waals surface area (Å²) in [7, 11) is 0. The van der Waals surface area contributed by atoms with E-state index < -0.39 is 5.97 Å². The van der Waals surface area contributed by atoms with E-state index in [1.807, 2.05) is 52.4 Å². The van der Waals surface area contributed by atoms with Crippen molar-refractivity contribution in [1.82, 2.24) is 14.5 Å². The molecule has 2 rings (SSSR count). The first-order chi connectivity index (χ1) is 13.1. The molecule has 0 saturated carbocycles. The van der Waals surface area contributed by atoms with Crippen LogP contribution in [0.3, 0.4) is 0 Å². The van der Waals surface area contributed by atoms with Gasteiger partial charge in [0.05, 0.1) is 0 Å². The van der Waals surface area contributed by atoms with Gasteiger partial charge in [-0.05, 0) is 25.2 Å². The molecule has 5 nitrogen and oxygen atoms in total. The van der Waals surface area contributed by atoms with Gasteiger partial charge >= 0.3 is 5.97 Å². The fraction of sp³-hybridized carbons (Fsp3) is 0.667. The number of carbonyl (C=O) groups is 1. The van der Waals surface area contributed by atoms with Gasteiger partial charge in [-0.15, -0.1) is 0 Å². The molecule has 0 radical (unpaired) electrons. The van der Waals surface area contributed by atoms with Crippen molar-refractivity contribution in [2.45, 2.75) is 92.3 Å². The third-order valence-electron chi connectivity index (χ3n) is 3.56. The Morgan fingerprint density at radius 3 is 2.04 bits per heavy atom. The van der Waals surface area contributed by atoms with Crippen LogP contribution in [0.5, 0.6) is 0 Å². The normalized spacial score (nSPS) is 9.56. The highest BCUT2D eigenvalue weighted by molar-refractivity contribution is 7.98. The van der Waals surface area contributed by atoms with Gasteiger partial charge in [0.2, 0.25) is 0 Å². The van der Waals surface area contributed by atoms with Crippen LogP contribution in [0, 0.1) is 0 Å². The van der Waals surface area contributed by atoms with Crippen LogP contribution in [0.25, 0.3) is 11.0 Å². The summed E-state index contributed by atoms with van der Waals surface area (Å²) in [5.74, 6) is -0.907. The minimum atomic E-state index is -0.907. The number of hydrogen-bond donors (Lipinski definition) is 1. The molecule has 6 heteroatoms. The number of hydrogen-bond acceptors (Lipinski definition) is 4. The van der Waals surface area contributed by atoms with Crippen molar-refractivity contribution in [2.75, 3.05) is 6.26 Å². The van der Waals surface area contributed by atoms with Crippen molar-refractivity contribution in [3.8, 4) is 0 Å². The second-order valence-corrected chi connectivity index (χ2v) is 5.84. The van der Waals surface area contributed by atoms with Gasteiger partial charge in [0.1, 0.15) is 11.3 Å². The molecule has 0 unspecified atom stereocenters. The van der Waals surface area contributed by atoms with E-state index in [0.717, 1.165) is 36.7 Å². The second kappa shape index (κ2) is 16.6. The van der Waals surface area contributed by atoms with Crippen molar-refractivity contribution in [3.63, 3.8) is 0 Å². The number of aromatic carboxylic acids is 1. The second-order valence-electron chi connectivity index (χ2n) is 5.07. The molecule has 156 valence electrons. The van der Waals surface area contributed by atoms with Gasteiger partial charge in [-0.1, -0.05) is 80.0 Å². The van der Waals surface area contributed by atoms with Crippen LogP contribution >= 0.6 is 11.8 Å². The van der Waals surface area contributed by atoms with E-state index in [2.05, 4.69) is 23.8 Å². The molecule has 0 aliphatic rings. The van der Waals surface area contributed by atoms with Crippen LogP contribution < -0.4 is 0 Å². The van der Waals surface area contributed by atoms with Gasteiger partial charge in [-0.3, -0.25) is 0 Å². The molecule has 0 atom stereocenters. The third kappa shape index (κ3) is 7.91. The molecule has 2 aromatic heterocycles. The zero-order valence-corrected chi connectivity index (χ0v) is 19.5. The molecule has 0 spiro atoms. The standard InChI is InChI=1S/C15H21N3O2S.3C2H6/c1-4-6-11(7-5-2)18-12(14(19)20)8-10-9-16-15(21-3)17-13(10)18;3*1-2/h8-9,11H,4-7H2,1-3H3,(H,19,20);3*1-2H3. The molecule has 0 bridgehead atoms. The Balaban J connectivity index is 0. The molecule has 0 aliphatic carbocycles. The average Bonchev–Trinajstić information content (AvgIpc) is 3.11. The molecule has 27 heavy (non-hydrogen) atoms. The number of thioether (sulfide) groups is 1. The first kappa shape index (κ1) is 27.7. The Morgan fingerprint density at radius 2 is 1.63 bits per heavy atom. The van der Waals surface area contributed by atoms with Crippen molar-refractivity contribution < 1.29 is 9.90 Å². The highest BCUT2D eigenvalue weighted by atomic mass is 32.2. The van der Waals surface area contributed by atoms with Gasteiger partial charge < -0.3 is 9.67 Å². The summed E-state index contributed by atoms with van der Waals surface area (Å²) < 4.78 is 1.89. The first-order valence-electron chi connectivity index (χ1n) is 10.3. The summed E-state index contributed by atoms with van der Waals surface area (Å²) in [5, 5.41) is 11.0. The Morgan fingerprint density at radius 1 is 1.11 bits per heavy atom. The Hall–Kier alpha value is -1.56. The summed E-state index contributed by atoms with van der Waals surface area (Å²) >= 11 is 1.47. The van der Waals surface area contributed by atoms with Crippen molar-refractivity contribution in [3.05, 3.63) is 18.0 Å². The number of aromatic nitrogens is 3. The van der Waals surface area contributed by atoms with E-state index >= 15 is 0 Å². The van der Waals surface area contributed by atoms with E-state index in [1.165, 1.54) is 11.8 Å². The van der Waals surface area contributed by atoms with Crippen LogP contribution in [0.2, 0.25) is 0 Å². The lowest BCUT2D eigenvalue weighted by Crippen LogP contribution is -2.15. The quantitative estimate of drug-likeness (QED) is 0.399. The molecule has 0 aromatic carbocycles. The monoisotopic (exact) mass is 397 g/mol. The predicted octanol–water partition coefficient (Wildman–Crippen LogP) is 7.07. The molecule has 2 aromatic rings. The van der Waals surface area contributed by atoms with Crippen LogP contribution in [-0.4, -0.2) is 31.9 Å². The van der Waals surface area contributed by atoms with Crippen LogP contribution in [0.15, 0.2) is 17.4 Å². The molecule has 0 aliphatic heterocycles. The summed E-state index contributed by atoms with van der Waals surface area (Å²) in [6.07, 6.45) is 7.58. The summed E-state index contributed by atoms with van der Waals surface area (Å²) in [6, 6.07) is 1.85. The van der Waals surface area contributed by atoms with Gasteiger partial charge in [-0.2, -0.15) is 0 Å². The highest BCUT2D eigenvalue weighted by Gasteiger charge is 2.22. The van der Waals surface area contributed by atoms with Crippen LogP contribution in [0.1, 0.15) is 97.6 Å². The molecule has 0 fully saturated rings. The number of carboxylic acids is 1. The Kier molecular flexibility index (Phi) is 17.0. The molecule has 2 heterocycles. The smallest absolute Gasteiger partial charge is 0.352 e. The SMILES string of the molecule is CC.CC.CC.CCCC(CCC)n1c(C(=O)O)cc2cnc(SC)nc21. The number of rotatable bonds is 7. The highest BCUT2D eigenvalue weighted by Crippen LogP contribution is 2.29. The van der Waals surface area contributed by atoms with E-state index in [0.29, 0.717) is 10.9 Å². The zero-order chi connectivity index (χ0) is 21.4.